The fraction of sp³-hybridized carbons (Fsp3) is 0.556. The predicted molar refractivity (Wildman–Crippen MR) is 86.1 cm³/mol. The summed E-state index contributed by atoms with van der Waals surface area (Å²) >= 11 is 0. The van der Waals surface area contributed by atoms with Crippen LogP contribution in [0.3, 0.4) is 0 Å². The number of rotatable bonds is 5. The van der Waals surface area contributed by atoms with Crippen molar-refractivity contribution in [2.45, 2.75) is 37.8 Å². The summed E-state index contributed by atoms with van der Waals surface area (Å²) in [6, 6.07) is 6.57. The monoisotopic (exact) mass is 332 g/mol. The molecular formula is C18H21FN2O3. The maximum Gasteiger partial charge on any atom is 0.267 e. The Balaban J connectivity index is 1.41. The van der Waals surface area contributed by atoms with Crippen LogP contribution >= 0.6 is 0 Å². The van der Waals surface area contributed by atoms with E-state index in [1.54, 1.807) is 12.1 Å². The number of carbonyl (C=O) groups excluding carboxylic acids is 1. The summed E-state index contributed by atoms with van der Waals surface area (Å²) in [6.45, 7) is 2.25. The molecule has 3 aliphatic rings. The van der Waals surface area contributed by atoms with Crippen molar-refractivity contribution in [3.8, 4) is 0 Å². The van der Waals surface area contributed by atoms with Crippen LogP contribution in [0.5, 0.6) is 0 Å². The van der Waals surface area contributed by atoms with Crippen LogP contribution in [0, 0.1) is 11.7 Å². The minimum atomic E-state index is -0.591. The molecule has 1 saturated carbocycles. The van der Waals surface area contributed by atoms with Crippen molar-refractivity contribution in [1.82, 2.24) is 4.90 Å². The molecule has 2 heterocycles. The molecule has 6 heteroatoms. The van der Waals surface area contributed by atoms with Gasteiger partial charge in [0.2, 0.25) is 6.10 Å². The molecule has 2 unspecified atom stereocenters. The molecule has 128 valence electrons. The molecule has 0 spiro atoms. The topological polar surface area (TPSA) is 51.1 Å². The third-order valence-electron chi connectivity index (χ3n) is 4.85. The Bertz CT molecular complexity index is 653. The van der Waals surface area contributed by atoms with E-state index in [-0.39, 0.29) is 11.7 Å². The van der Waals surface area contributed by atoms with Gasteiger partial charge in [0.05, 0.1) is 12.3 Å². The van der Waals surface area contributed by atoms with Gasteiger partial charge in [-0.15, -0.1) is 0 Å². The van der Waals surface area contributed by atoms with Crippen molar-refractivity contribution in [3.63, 3.8) is 0 Å². The lowest BCUT2D eigenvalue weighted by Gasteiger charge is -2.26. The summed E-state index contributed by atoms with van der Waals surface area (Å²) in [5, 5.41) is 4.02. The Morgan fingerprint density at radius 2 is 2.21 bits per heavy atom. The molecule has 0 radical (unpaired) electrons. The number of hydrogen-bond donors (Lipinski definition) is 0. The molecule has 2 aliphatic heterocycles. The third kappa shape index (κ3) is 3.29. The molecule has 0 aromatic heterocycles. The summed E-state index contributed by atoms with van der Waals surface area (Å²) in [7, 11) is 0. The van der Waals surface area contributed by atoms with Gasteiger partial charge in [-0.05, 0) is 31.4 Å². The Morgan fingerprint density at radius 3 is 2.92 bits per heavy atom. The SMILES string of the molecule is O=C(C1CC(c2cccc(F)c2)=NO1)N(CC1CCOC1)C1CC1. The Morgan fingerprint density at radius 1 is 1.33 bits per heavy atom. The lowest BCUT2D eigenvalue weighted by Crippen LogP contribution is -2.43. The van der Waals surface area contributed by atoms with Crippen LogP contribution in [-0.4, -0.2) is 48.4 Å². The zero-order valence-electron chi connectivity index (χ0n) is 13.5. The van der Waals surface area contributed by atoms with Crippen molar-refractivity contribution in [3.05, 3.63) is 35.6 Å². The highest BCUT2D eigenvalue weighted by atomic mass is 19.1. The van der Waals surface area contributed by atoms with Crippen LogP contribution in [0.25, 0.3) is 0 Å². The maximum absolute atomic E-state index is 13.4. The van der Waals surface area contributed by atoms with E-state index < -0.39 is 6.10 Å². The highest BCUT2D eigenvalue weighted by molar-refractivity contribution is 6.04. The second kappa shape index (κ2) is 6.51. The Kier molecular flexibility index (Phi) is 4.22. The van der Waals surface area contributed by atoms with Gasteiger partial charge in [-0.25, -0.2) is 4.39 Å². The average Bonchev–Trinajstić information content (AvgIpc) is 3.10. The summed E-state index contributed by atoms with van der Waals surface area (Å²) in [6.07, 6.45) is 2.93. The van der Waals surface area contributed by atoms with E-state index in [4.69, 9.17) is 9.57 Å². The van der Waals surface area contributed by atoms with E-state index in [1.807, 2.05) is 4.90 Å². The third-order valence-corrected chi connectivity index (χ3v) is 4.85. The Hall–Kier alpha value is -1.95. The molecule has 1 aliphatic carbocycles. The molecule has 1 saturated heterocycles. The number of nitrogens with zero attached hydrogens (tertiary/aromatic N) is 2. The van der Waals surface area contributed by atoms with Gasteiger partial charge in [0.15, 0.2) is 0 Å². The summed E-state index contributed by atoms with van der Waals surface area (Å²) in [4.78, 5) is 20.2. The van der Waals surface area contributed by atoms with Crippen molar-refractivity contribution in [2.24, 2.45) is 11.1 Å². The zero-order chi connectivity index (χ0) is 16.5. The van der Waals surface area contributed by atoms with E-state index >= 15 is 0 Å². The van der Waals surface area contributed by atoms with Gasteiger partial charge in [-0.1, -0.05) is 17.3 Å². The molecule has 0 N–H and O–H groups in total. The fourth-order valence-electron chi connectivity index (χ4n) is 3.34. The molecule has 0 bridgehead atoms. The van der Waals surface area contributed by atoms with Gasteiger partial charge in [0.1, 0.15) is 5.82 Å². The largest absolute Gasteiger partial charge is 0.382 e. The van der Waals surface area contributed by atoms with Crippen LogP contribution in [0.2, 0.25) is 0 Å². The molecule has 4 rings (SSSR count). The number of ether oxygens (including phenoxy) is 1. The van der Waals surface area contributed by atoms with E-state index in [0.29, 0.717) is 29.7 Å². The van der Waals surface area contributed by atoms with Crippen LogP contribution in [-0.2, 0) is 14.4 Å². The molecule has 5 nitrogen and oxygen atoms in total. The molecule has 1 aromatic rings. The highest BCUT2D eigenvalue weighted by Gasteiger charge is 2.40. The Labute approximate surface area is 140 Å². The molecule has 2 atom stereocenters. The van der Waals surface area contributed by atoms with Gasteiger partial charge in [0, 0.05) is 37.1 Å². The number of amides is 1. The zero-order valence-corrected chi connectivity index (χ0v) is 13.5. The van der Waals surface area contributed by atoms with Crippen LogP contribution in [0.4, 0.5) is 4.39 Å². The molecule has 2 fully saturated rings. The molecular weight excluding hydrogens is 311 g/mol. The van der Waals surface area contributed by atoms with Crippen molar-refractivity contribution in [1.29, 1.82) is 0 Å². The normalized spacial score (nSPS) is 26.1. The lowest BCUT2D eigenvalue weighted by atomic mass is 10.0. The van der Waals surface area contributed by atoms with Crippen molar-refractivity contribution in [2.75, 3.05) is 19.8 Å². The van der Waals surface area contributed by atoms with Gasteiger partial charge >= 0.3 is 0 Å². The molecule has 24 heavy (non-hydrogen) atoms. The second-order valence-corrected chi connectivity index (χ2v) is 6.80. The molecule has 1 aromatic carbocycles. The fourth-order valence-corrected chi connectivity index (χ4v) is 3.34. The second-order valence-electron chi connectivity index (χ2n) is 6.80. The first-order chi connectivity index (χ1) is 11.7. The predicted octanol–water partition coefficient (Wildman–Crippen LogP) is 2.35. The number of benzene rings is 1. The van der Waals surface area contributed by atoms with Crippen LogP contribution in [0.15, 0.2) is 29.4 Å². The lowest BCUT2D eigenvalue weighted by molar-refractivity contribution is -0.143. The summed E-state index contributed by atoms with van der Waals surface area (Å²) in [5.74, 6) is 0.102. The van der Waals surface area contributed by atoms with Gasteiger partial charge in [-0.2, -0.15) is 0 Å². The number of hydrogen-bond acceptors (Lipinski definition) is 4. The van der Waals surface area contributed by atoms with Crippen LogP contribution in [0.1, 0.15) is 31.2 Å². The minimum absolute atomic E-state index is 0.000414. The quantitative estimate of drug-likeness (QED) is 0.832. The summed E-state index contributed by atoms with van der Waals surface area (Å²) in [5.41, 5.74) is 1.31. The van der Waals surface area contributed by atoms with E-state index in [2.05, 4.69) is 5.16 Å². The van der Waals surface area contributed by atoms with Crippen molar-refractivity contribution >= 4 is 11.6 Å². The molecule has 1 amide bonds. The maximum atomic E-state index is 13.4. The first-order valence-electron chi connectivity index (χ1n) is 8.57. The number of carbonyl (C=O) groups is 1. The number of halogens is 1. The van der Waals surface area contributed by atoms with Gasteiger partial charge in [0.25, 0.3) is 5.91 Å². The minimum Gasteiger partial charge on any atom is -0.382 e. The van der Waals surface area contributed by atoms with Crippen LogP contribution < -0.4 is 0 Å². The van der Waals surface area contributed by atoms with E-state index in [0.717, 1.165) is 39.0 Å². The van der Waals surface area contributed by atoms with E-state index in [9.17, 15) is 9.18 Å². The first-order valence-corrected chi connectivity index (χ1v) is 8.57. The highest BCUT2D eigenvalue weighted by Crippen LogP contribution is 2.31. The first kappa shape index (κ1) is 15.6. The number of oxime groups is 1. The smallest absolute Gasteiger partial charge is 0.267 e. The van der Waals surface area contributed by atoms with Gasteiger partial charge in [-0.3, -0.25) is 4.79 Å². The average molecular weight is 332 g/mol. The summed E-state index contributed by atoms with van der Waals surface area (Å²) < 4.78 is 18.8. The van der Waals surface area contributed by atoms with Crippen molar-refractivity contribution < 1.29 is 18.8 Å². The van der Waals surface area contributed by atoms with E-state index in [1.165, 1.54) is 12.1 Å². The van der Waals surface area contributed by atoms with Gasteiger partial charge < -0.3 is 14.5 Å². The standard InChI is InChI=1S/C18H21FN2O3/c19-14-3-1-2-13(8-14)16-9-17(24-20-16)18(22)21(15-4-5-15)10-12-6-7-23-11-12/h1-3,8,12,15,17H,4-7,9-11H2.